The van der Waals surface area contributed by atoms with Gasteiger partial charge in [-0.3, -0.25) is 9.69 Å². The molecule has 2 aliphatic rings. The Labute approximate surface area is 316 Å². The number of pyridine rings is 1. The smallest absolute Gasteiger partial charge is 0.416 e. The van der Waals surface area contributed by atoms with E-state index in [0.29, 0.717) is 19.1 Å². The van der Waals surface area contributed by atoms with Crippen molar-refractivity contribution in [3.63, 3.8) is 0 Å². The van der Waals surface area contributed by atoms with Crippen molar-refractivity contribution < 1.29 is 44.3 Å². The standard InChI is InChI=1S/C40H44F6N4O4S/c1-4-54-32-16-15-30-33(38(51)48-37(40(44,45)46)26-11-6-5-7-12-26)31(24-49-21-17-29(18-22-49)50-19-8-9-20-50)34(27-13-10-14-28(23-27)39(41,42)43)47-35(30)36(32)55(52,53)25(2)3/h5-7,10-16,23,25,29,37H,4,8-9,17-22,24H2,1-3H3,(H,48,51)/t37-/m1/s1. The van der Waals surface area contributed by atoms with Gasteiger partial charge < -0.3 is 15.0 Å². The summed E-state index contributed by atoms with van der Waals surface area (Å²) in [7, 11) is -4.27. The van der Waals surface area contributed by atoms with Crippen LogP contribution in [0.15, 0.2) is 71.6 Å². The zero-order chi connectivity index (χ0) is 39.7. The largest absolute Gasteiger partial charge is 0.492 e. The van der Waals surface area contributed by atoms with Gasteiger partial charge in [0.05, 0.1) is 34.2 Å². The lowest BCUT2D eigenvalue weighted by atomic mass is 9.93. The fourth-order valence-electron chi connectivity index (χ4n) is 7.58. The summed E-state index contributed by atoms with van der Waals surface area (Å²) in [6, 6.07) is 11.6. The molecule has 15 heteroatoms. The molecule has 1 atom stereocenters. The fourth-order valence-corrected chi connectivity index (χ4v) is 8.88. The number of halogens is 6. The molecule has 2 saturated heterocycles. The van der Waals surface area contributed by atoms with E-state index < -0.39 is 49.8 Å². The van der Waals surface area contributed by atoms with Crippen molar-refractivity contribution in [2.45, 2.75) is 87.6 Å². The minimum Gasteiger partial charge on any atom is -0.492 e. The first kappa shape index (κ1) is 40.5. The predicted molar refractivity (Wildman–Crippen MR) is 197 cm³/mol. The summed E-state index contributed by atoms with van der Waals surface area (Å²) in [6.07, 6.45) is -5.93. The molecular weight excluding hydrogens is 747 g/mol. The van der Waals surface area contributed by atoms with Gasteiger partial charge in [-0.25, -0.2) is 13.4 Å². The highest BCUT2D eigenvalue weighted by molar-refractivity contribution is 7.92. The lowest BCUT2D eigenvalue weighted by molar-refractivity contribution is -0.155. The molecule has 2 fully saturated rings. The Morgan fingerprint density at radius 3 is 2.20 bits per heavy atom. The van der Waals surface area contributed by atoms with Gasteiger partial charge in [0, 0.05) is 29.1 Å². The van der Waals surface area contributed by atoms with E-state index in [-0.39, 0.29) is 57.8 Å². The van der Waals surface area contributed by atoms with E-state index in [9.17, 15) is 39.6 Å². The maximum Gasteiger partial charge on any atom is 0.416 e. The van der Waals surface area contributed by atoms with Crippen LogP contribution in [0.4, 0.5) is 26.3 Å². The molecule has 0 spiro atoms. The number of hydrogen-bond acceptors (Lipinski definition) is 7. The Bertz CT molecular complexity index is 2110. The molecule has 0 unspecified atom stereocenters. The second-order valence-corrected chi connectivity index (χ2v) is 16.8. The number of alkyl halides is 6. The number of fused-ring (bicyclic) bond motifs is 1. The molecule has 3 aromatic carbocycles. The number of piperidine rings is 1. The number of hydrogen-bond donors (Lipinski definition) is 1. The van der Waals surface area contributed by atoms with Gasteiger partial charge in [0.15, 0.2) is 15.9 Å². The molecule has 0 radical (unpaired) electrons. The maximum atomic E-state index is 14.7. The first-order chi connectivity index (χ1) is 26.0. The molecule has 1 amide bonds. The molecule has 3 heterocycles. The second kappa shape index (κ2) is 16.1. The van der Waals surface area contributed by atoms with Gasteiger partial charge in [-0.2, -0.15) is 26.3 Å². The van der Waals surface area contributed by atoms with Gasteiger partial charge in [-0.15, -0.1) is 0 Å². The number of nitrogens with zero attached hydrogens (tertiary/aromatic N) is 3. The number of amides is 1. The van der Waals surface area contributed by atoms with Crippen molar-refractivity contribution in [2.24, 2.45) is 0 Å². The molecule has 4 aromatic rings. The number of rotatable bonds is 11. The monoisotopic (exact) mass is 790 g/mol. The maximum absolute atomic E-state index is 14.7. The molecule has 6 rings (SSSR count). The van der Waals surface area contributed by atoms with Crippen molar-refractivity contribution in [3.8, 4) is 17.0 Å². The van der Waals surface area contributed by atoms with Crippen LogP contribution in [0.3, 0.4) is 0 Å². The fraction of sp³-hybridized carbons (Fsp3) is 0.450. The number of aromatic nitrogens is 1. The highest BCUT2D eigenvalue weighted by atomic mass is 32.2. The summed E-state index contributed by atoms with van der Waals surface area (Å²) in [5, 5.41) is 1.05. The first-order valence-electron chi connectivity index (χ1n) is 18.4. The van der Waals surface area contributed by atoms with Crippen molar-refractivity contribution in [1.29, 1.82) is 0 Å². The molecule has 8 nitrogen and oxygen atoms in total. The van der Waals surface area contributed by atoms with Crippen molar-refractivity contribution in [2.75, 3.05) is 32.8 Å². The predicted octanol–water partition coefficient (Wildman–Crippen LogP) is 8.60. The SMILES string of the molecule is CCOc1ccc2c(C(=O)N[C@H](c3ccccc3)C(F)(F)F)c(CN3CCC(N4CCCC4)CC3)c(-c3cccc(C(F)(F)F)c3)nc2c1S(=O)(=O)C(C)C. The molecular formula is C40H44F6N4O4S. The van der Waals surface area contributed by atoms with Crippen LogP contribution in [0.5, 0.6) is 5.75 Å². The zero-order valence-electron chi connectivity index (χ0n) is 30.8. The normalized spacial score (nSPS) is 17.2. The van der Waals surface area contributed by atoms with Crippen LogP contribution >= 0.6 is 0 Å². The van der Waals surface area contributed by atoms with E-state index in [4.69, 9.17) is 9.72 Å². The van der Waals surface area contributed by atoms with E-state index in [1.165, 1.54) is 68.4 Å². The van der Waals surface area contributed by atoms with E-state index in [0.717, 1.165) is 50.9 Å². The minimum atomic E-state index is -4.95. The first-order valence-corrected chi connectivity index (χ1v) is 20.0. The lowest BCUT2D eigenvalue weighted by Crippen LogP contribution is -2.44. The van der Waals surface area contributed by atoms with E-state index >= 15 is 0 Å². The quantitative estimate of drug-likeness (QED) is 0.152. The number of likely N-dealkylation sites (tertiary alicyclic amines) is 2. The van der Waals surface area contributed by atoms with Gasteiger partial charge in [-0.05, 0) is 102 Å². The summed E-state index contributed by atoms with van der Waals surface area (Å²) in [5.41, 5.74) is -2.03. The second-order valence-electron chi connectivity index (χ2n) is 14.3. The highest BCUT2D eigenvalue weighted by Gasteiger charge is 2.43. The van der Waals surface area contributed by atoms with Crippen LogP contribution in [-0.4, -0.2) is 79.4 Å². The Kier molecular flexibility index (Phi) is 11.8. The number of sulfone groups is 1. The van der Waals surface area contributed by atoms with Crippen LogP contribution in [0, 0.1) is 0 Å². The molecule has 0 bridgehead atoms. The number of carbonyl (C=O) groups excluding carboxylic acids is 1. The zero-order valence-corrected chi connectivity index (χ0v) is 31.6. The number of carbonyl (C=O) groups is 1. The van der Waals surface area contributed by atoms with Gasteiger partial charge in [0.1, 0.15) is 10.6 Å². The summed E-state index contributed by atoms with van der Waals surface area (Å²) < 4.78 is 121. The Morgan fingerprint density at radius 2 is 1.60 bits per heavy atom. The molecule has 1 N–H and O–H groups in total. The number of ether oxygens (including phenoxy) is 1. The summed E-state index contributed by atoms with van der Waals surface area (Å²) in [6.45, 7) is 7.57. The summed E-state index contributed by atoms with van der Waals surface area (Å²) in [5.74, 6) is -1.29. The van der Waals surface area contributed by atoms with Crippen molar-refractivity contribution in [3.05, 3.63) is 89.0 Å². The minimum absolute atomic E-state index is 0.0375. The van der Waals surface area contributed by atoms with E-state index in [1.54, 1.807) is 6.92 Å². The Morgan fingerprint density at radius 1 is 0.927 bits per heavy atom. The Hall–Kier alpha value is -4.21. The van der Waals surface area contributed by atoms with Crippen LogP contribution < -0.4 is 10.1 Å². The molecule has 2 aliphatic heterocycles. The van der Waals surface area contributed by atoms with Gasteiger partial charge >= 0.3 is 12.4 Å². The molecule has 55 heavy (non-hydrogen) atoms. The third-order valence-electron chi connectivity index (χ3n) is 10.4. The van der Waals surface area contributed by atoms with E-state index in [2.05, 4.69) is 10.2 Å². The third kappa shape index (κ3) is 8.63. The van der Waals surface area contributed by atoms with Crippen LogP contribution in [-0.2, 0) is 22.6 Å². The molecule has 0 aliphatic carbocycles. The van der Waals surface area contributed by atoms with Gasteiger partial charge in [0.25, 0.3) is 5.91 Å². The van der Waals surface area contributed by atoms with Crippen LogP contribution in [0.1, 0.15) is 79.5 Å². The summed E-state index contributed by atoms with van der Waals surface area (Å²) in [4.78, 5) is 23.5. The van der Waals surface area contributed by atoms with E-state index in [1.807, 2.05) is 4.90 Å². The van der Waals surface area contributed by atoms with Gasteiger partial charge in [-0.1, -0.05) is 42.5 Å². The van der Waals surface area contributed by atoms with Gasteiger partial charge in [0.2, 0.25) is 0 Å². The lowest BCUT2D eigenvalue weighted by Gasteiger charge is -2.37. The van der Waals surface area contributed by atoms with Crippen LogP contribution in [0.2, 0.25) is 0 Å². The third-order valence-corrected chi connectivity index (χ3v) is 12.6. The highest BCUT2D eigenvalue weighted by Crippen LogP contribution is 2.42. The topological polar surface area (TPSA) is 91.8 Å². The van der Waals surface area contributed by atoms with Crippen molar-refractivity contribution >= 4 is 26.6 Å². The molecule has 296 valence electrons. The average molecular weight is 791 g/mol. The van der Waals surface area contributed by atoms with Crippen molar-refractivity contribution in [1.82, 2.24) is 20.1 Å². The molecule has 1 aromatic heterocycles. The molecule has 0 saturated carbocycles. The Balaban J connectivity index is 1.63. The number of benzene rings is 3. The average Bonchev–Trinajstić information content (AvgIpc) is 3.69. The summed E-state index contributed by atoms with van der Waals surface area (Å²) >= 11 is 0. The van der Waals surface area contributed by atoms with Crippen LogP contribution in [0.25, 0.3) is 22.2 Å². The number of nitrogens with one attached hydrogen (secondary N) is 1.